The first-order valence-corrected chi connectivity index (χ1v) is 5.27. The summed E-state index contributed by atoms with van der Waals surface area (Å²) in [6.07, 6.45) is 5.11. The second kappa shape index (κ2) is 5.98. The second-order valence-electron chi connectivity index (χ2n) is 3.90. The molecule has 1 aliphatic rings. The van der Waals surface area contributed by atoms with Gasteiger partial charge in [-0.25, -0.2) is 0 Å². The van der Waals surface area contributed by atoms with Crippen LogP contribution in [0.2, 0.25) is 0 Å². The fourth-order valence-electron chi connectivity index (χ4n) is 1.66. The molecule has 3 N–H and O–H groups in total. The lowest BCUT2D eigenvalue weighted by Crippen LogP contribution is -2.45. The van der Waals surface area contributed by atoms with E-state index in [0.29, 0.717) is 18.6 Å². The van der Waals surface area contributed by atoms with Gasteiger partial charge in [0.25, 0.3) is 0 Å². The summed E-state index contributed by atoms with van der Waals surface area (Å²) in [5, 5.41) is 3.43. The summed E-state index contributed by atoms with van der Waals surface area (Å²) < 4.78 is 5.17. The van der Waals surface area contributed by atoms with Crippen LogP contribution in [0.5, 0.6) is 0 Å². The number of nitrogens with one attached hydrogen (secondary N) is 1. The van der Waals surface area contributed by atoms with Gasteiger partial charge < -0.3 is 15.8 Å². The van der Waals surface area contributed by atoms with Gasteiger partial charge in [-0.1, -0.05) is 0 Å². The monoisotopic (exact) mass is 200 g/mol. The van der Waals surface area contributed by atoms with Crippen molar-refractivity contribution < 1.29 is 9.53 Å². The van der Waals surface area contributed by atoms with Gasteiger partial charge in [-0.2, -0.15) is 0 Å². The van der Waals surface area contributed by atoms with Crippen LogP contribution in [-0.4, -0.2) is 31.7 Å². The van der Waals surface area contributed by atoms with E-state index >= 15 is 0 Å². The van der Waals surface area contributed by atoms with E-state index in [1.165, 1.54) is 0 Å². The number of ether oxygens (including phenoxy) is 1. The Balaban J connectivity index is 1.84. The van der Waals surface area contributed by atoms with Crippen LogP contribution in [0.15, 0.2) is 0 Å². The van der Waals surface area contributed by atoms with Crippen molar-refractivity contribution in [3.63, 3.8) is 0 Å². The molecule has 0 aliphatic heterocycles. The van der Waals surface area contributed by atoms with Gasteiger partial charge in [0.1, 0.15) is 0 Å². The Morgan fingerprint density at radius 1 is 1.50 bits per heavy atom. The van der Waals surface area contributed by atoms with E-state index in [2.05, 4.69) is 5.32 Å². The molecule has 14 heavy (non-hydrogen) atoms. The van der Waals surface area contributed by atoms with E-state index in [0.717, 1.165) is 32.2 Å². The second-order valence-corrected chi connectivity index (χ2v) is 3.90. The molecule has 0 saturated heterocycles. The van der Waals surface area contributed by atoms with Crippen LogP contribution >= 0.6 is 0 Å². The zero-order valence-corrected chi connectivity index (χ0v) is 8.79. The Labute approximate surface area is 85.2 Å². The average molecular weight is 200 g/mol. The van der Waals surface area contributed by atoms with Gasteiger partial charge in [-0.15, -0.1) is 0 Å². The number of unbranched alkanes of at least 4 members (excludes halogenated alkanes) is 1. The quantitative estimate of drug-likeness (QED) is 0.585. The van der Waals surface area contributed by atoms with Crippen LogP contribution < -0.4 is 11.1 Å². The van der Waals surface area contributed by atoms with Crippen molar-refractivity contribution in [2.75, 3.05) is 13.7 Å². The summed E-state index contributed by atoms with van der Waals surface area (Å²) in [5.74, 6) is -0.201. The van der Waals surface area contributed by atoms with Gasteiger partial charge in [-0.05, 0) is 32.2 Å². The number of methoxy groups -OCH3 is 1. The predicted octanol–water partition coefficient (Wildman–Crippen LogP) is 0.409. The Hall–Kier alpha value is -0.610. The van der Waals surface area contributed by atoms with Crippen molar-refractivity contribution >= 4 is 5.91 Å². The molecule has 82 valence electrons. The minimum absolute atomic E-state index is 0.201. The summed E-state index contributed by atoms with van der Waals surface area (Å²) in [6.45, 7) is 0.981. The smallest absolute Gasteiger partial charge is 0.217 e. The van der Waals surface area contributed by atoms with Gasteiger partial charge in [0, 0.05) is 19.6 Å². The maximum Gasteiger partial charge on any atom is 0.217 e. The topological polar surface area (TPSA) is 64.3 Å². The highest BCUT2D eigenvalue weighted by atomic mass is 16.5. The molecule has 0 radical (unpaired) electrons. The van der Waals surface area contributed by atoms with E-state index in [4.69, 9.17) is 10.5 Å². The molecule has 4 heteroatoms. The predicted molar refractivity (Wildman–Crippen MR) is 54.9 cm³/mol. The number of hydrogen-bond acceptors (Lipinski definition) is 3. The minimum atomic E-state index is -0.201. The molecule has 1 rings (SSSR count). The van der Waals surface area contributed by atoms with Gasteiger partial charge >= 0.3 is 0 Å². The van der Waals surface area contributed by atoms with Crippen LogP contribution in [0.4, 0.5) is 0 Å². The Kier molecular flexibility index (Phi) is 4.90. The molecule has 1 saturated carbocycles. The largest absolute Gasteiger partial charge is 0.381 e. The number of hydrogen-bond donors (Lipinski definition) is 2. The summed E-state index contributed by atoms with van der Waals surface area (Å²) in [5.41, 5.74) is 5.03. The molecule has 1 fully saturated rings. The molecule has 0 aromatic rings. The lowest BCUT2D eigenvalue weighted by Gasteiger charge is -2.34. The number of primary amides is 1. The molecule has 4 nitrogen and oxygen atoms in total. The van der Waals surface area contributed by atoms with Crippen LogP contribution in [0, 0.1) is 0 Å². The number of rotatable bonds is 7. The van der Waals surface area contributed by atoms with E-state index in [1.807, 2.05) is 0 Å². The van der Waals surface area contributed by atoms with Crippen molar-refractivity contribution in [1.29, 1.82) is 0 Å². The SMILES string of the molecule is COC1CC(NCCCCC(N)=O)C1. The van der Waals surface area contributed by atoms with Crippen molar-refractivity contribution in [2.24, 2.45) is 5.73 Å². The molecule has 1 amide bonds. The standard InChI is InChI=1S/C10H20N2O2/c1-14-9-6-8(7-9)12-5-3-2-4-10(11)13/h8-9,12H,2-7H2,1H3,(H2,11,13). The fourth-order valence-corrected chi connectivity index (χ4v) is 1.66. The third-order valence-electron chi connectivity index (χ3n) is 2.71. The number of nitrogens with two attached hydrogens (primary N) is 1. The van der Waals surface area contributed by atoms with Gasteiger partial charge in [0.15, 0.2) is 0 Å². The maximum absolute atomic E-state index is 10.4. The molecule has 0 atom stereocenters. The number of amides is 1. The van der Waals surface area contributed by atoms with Gasteiger partial charge in [0.2, 0.25) is 5.91 Å². The number of carbonyl (C=O) groups is 1. The molecular weight excluding hydrogens is 180 g/mol. The van der Waals surface area contributed by atoms with E-state index < -0.39 is 0 Å². The van der Waals surface area contributed by atoms with Gasteiger partial charge in [0.05, 0.1) is 6.10 Å². The normalized spacial score (nSPS) is 25.8. The van der Waals surface area contributed by atoms with E-state index in [1.54, 1.807) is 7.11 Å². The van der Waals surface area contributed by atoms with Crippen molar-refractivity contribution in [2.45, 2.75) is 44.2 Å². The highest BCUT2D eigenvalue weighted by Gasteiger charge is 2.27. The first-order chi connectivity index (χ1) is 6.72. The first-order valence-electron chi connectivity index (χ1n) is 5.27. The molecule has 0 unspecified atom stereocenters. The fraction of sp³-hybridized carbons (Fsp3) is 0.900. The van der Waals surface area contributed by atoms with E-state index in [9.17, 15) is 4.79 Å². The van der Waals surface area contributed by atoms with E-state index in [-0.39, 0.29) is 5.91 Å². The molecule has 0 bridgehead atoms. The highest BCUT2D eigenvalue weighted by Crippen LogP contribution is 2.22. The van der Waals surface area contributed by atoms with Gasteiger partial charge in [-0.3, -0.25) is 4.79 Å². The molecular formula is C10H20N2O2. The Morgan fingerprint density at radius 2 is 2.21 bits per heavy atom. The number of carbonyl (C=O) groups excluding carboxylic acids is 1. The minimum Gasteiger partial charge on any atom is -0.381 e. The molecule has 0 aromatic carbocycles. The Morgan fingerprint density at radius 3 is 2.79 bits per heavy atom. The summed E-state index contributed by atoms with van der Waals surface area (Å²) in [7, 11) is 1.76. The highest BCUT2D eigenvalue weighted by molar-refractivity contribution is 5.73. The molecule has 0 aromatic heterocycles. The molecule has 0 heterocycles. The van der Waals surface area contributed by atoms with Crippen molar-refractivity contribution in [1.82, 2.24) is 5.32 Å². The lowest BCUT2D eigenvalue weighted by molar-refractivity contribution is -0.118. The third kappa shape index (κ3) is 4.07. The zero-order chi connectivity index (χ0) is 10.4. The summed E-state index contributed by atoms with van der Waals surface area (Å²) in [6, 6.07) is 0.619. The van der Waals surface area contributed by atoms with Crippen molar-refractivity contribution in [3.05, 3.63) is 0 Å². The van der Waals surface area contributed by atoms with Crippen LogP contribution in [-0.2, 0) is 9.53 Å². The average Bonchev–Trinajstić information content (AvgIpc) is 2.07. The lowest BCUT2D eigenvalue weighted by atomic mass is 9.89. The molecule has 0 spiro atoms. The maximum atomic E-state index is 10.4. The van der Waals surface area contributed by atoms with Crippen LogP contribution in [0.3, 0.4) is 0 Å². The molecule has 1 aliphatic carbocycles. The summed E-state index contributed by atoms with van der Waals surface area (Å²) in [4.78, 5) is 10.4. The first kappa shape index (κ1) is 11.5. The zero-order valence-electron chi connectivity index (χ0n) is 8.79. The summed E-state index contributed by atoms with van der Waals surface area (Å²) >= 11 is 0. The van der Waals surface area contributed by atoms with Crippen LogP contribution in [0.25, 0.3) is 0 Å². The van der Waals surface area contributed by atoms with Crippen molar-refractivity contribution in [3.8, 4) is 0 Å². The third-order valence-corrected chi connectivity index (χ3v) is 2.71. The van der Waals surface area contributed by atoms with Crippen LogP contribution in [0.1, 0.15) is 32.1 Å². The Bertz CT molecular complexity index is 179.